The van der Waals surface area contributed by atoms with Gasteiger partial charge in [-0.15, -0.1) is 0 Å². The Balaban J connectivity index is 1.49. The van der Waals surface area contributed by atoms with Gasteiger partial charge in [0, 0.05) is 48.5 Å². The fourth-order valence-corrected chi connectivity index (χ4v) is 4.23. The van der Waals surface area contributed by atoms with Crippen molar-refractivity contribution in [3.8, 4) is 0 Å². The molecule has 1 unspecified atom stereocenters. The second kappa shape index (κ2) is 7.91. The molecule has 1 N–H and O–H groups in total. The number of anilines is 1. The number of nitrogens with one attached hydrogen (secondary N) is 1. The molecule has 0 saturated carbocycles. The van der Waals surface area contributed by atoms with Crippen LogP contribution < -0.4 is 10.2 Å². The highest BCUT2D eigenvalue weighted by atomic mass is 35.5. The highest BCUT2D eigenvalue weighted by Crippen LogP contribution is 2.31. The zero-order valence-corrected chi connectivity index (χ0v) is 16.5. The number of likely N-dealkylation sites (N-methyl/N-ethyl adjacent to an activating group) is 1. The van der Waals surface area contributed by atoms with Gasteiger partial charge in [-0.25, -0.2) is 0 Å². The van der Waals surface area contributed by atoms with E-state index in [1.165, 1.54) is 16.8 Å². The number of halogens is 1. The Hall–Kier alpha value is -2.04. The van der Waals surface area contributed by atoms with Crippen molar-refractivity contribution in [2.24, 2.45) is 0 Å². The van der Waals surface area contributed by atoms with Crippen LogP contribution in [-0.4, -0.2) is 50.1 Å². The Bertz CT molecular complexity index is 813. The van der Waals surface area contributed by atoms with Crippen LogP contribution in [0.25, 0.3) is 0 Å². The summed E-state index contributed by atoms with van der Waals surface area (Å²) < 4.78 is 0. The molecular formula is C22H26ClN3O. The van der Waals surface area contributed by atoms with Gasteiger partial charge >= 0.3 is 0 Å². The van der Waals surface area contributed by atoms with Gasteiger partial charge in [-0.05, 0) is 67.8 Å². The van der Waals surface area contributed by atoms with Crippen molar-refractivity contribution in [1.82, 2.24) is 10.2 Å². The van der Waals surface area contributed by atoms with Crippen molar-refractivity contribution >= 4 is 23.2 Å². The second-order valence-corrected chi connectivity index (χ2v) is 8.06. The first-order chi connectivity index (χ1) is 13.1. The molecule has 2 aromatic rings. The van der Waals surface area contributed by atoms with Gasteiger partial charge in [-0.3, -0.25) is 4.79 Å². The van der Waals surface area contributed by atoms with Crippen molar-refractivity contribution < 1.29 is 4.79 Å². The summed E-state index contributed by atoms with van der Waals surface area (Å²) in [6.45, 7) is 4.32. The summed E-state index contributed by atoms with van der Waals surface area (Å²) in [6, 6.07) is 13.9. The Labute approximate surface area is 166 Å². The molecule has 0 aromatic heterocycles. The molecule has 1 atom stereocenters. The van der Waals surface area contributed by atoms with Gasteiger partial charge in [0.2, 0.25) is 0 Å². The summed E-state index contributed by atoms with van der Waals surface area (Å²) in [5, 5.41) is 3.87. The number of rotatable bonds is 3. The number of hydrogen-bond donors (Lipinski definition) is 1. The van der Waals surface area contributed by atoms with Gasteiger partial charge in [-0.1, -0.05) is 23.7 Å². The summed E-state index contributed by atoms with van der Waals surface area (Å²) >= 11 is 5.93. The van der Waals surface area contributed by atoms with E-state index in [-0.39, 0.29) is 11.9 Å². The molecule has 0 radical (unpaired) electrons. The van der Waals surface area contributed by atoms with Gasteiger partial charge in [0.25, 0.3) is 5.91 Å². The molecule has 5 heteroatoms. The van der Waals surface area contributed by atoms with Crippen molar-refractivity contribution in [3.05, 3.63) is 64.2 Å². The lowest BCUT2D eigenvalue weighted by Crippen LogP contribution is -2.45. The highest BCUT2D eigenvalue weighted by molar-refractivity contribution is 6.30. The summed E-state index contributed by atoms with van der Waals surface area (Å²) in [6.07, 6.45) is 2.90. The summed E-state index contributed by atoms with van der Waals surface area (Å²) in [5.74, 6) is -0.0165. The second-order valence-electron chi connectivity index (χ2n) is 7.63. The van der Waals surface area contributed by atoms with Crippen molar-refractivity contribution in [2.75, 3.05) is 38.1 Å². The largest absolute Gasteiger partial charge is 0.369 e. The maximum atomic E-state index is 12.6. The van der Waals surface area contributed by atoms with E-state index in [1.54, 1.807) is 24.3 Å². The van der Waals surface area contributed by atoms with Gasteiger partial charge in [0.1, 0.15) is 0 Å². The molecule has 1 aliphatic heterocycles. The van der Waals surface area contributed by atoms with E-state index in [0.29, 0.717) is 10.6 Å². The van der Waals surface area contributed by atoms with E-state index < -0.39 is 0 Å². The average molecular weight is 384 g/mol. The van der Waals surface area contributed by atoms with E-state index in [0.717, 1.165) is 45.4 Å². The first-order valence-corrected chi connectivity index (χ1v) is 10.1. The number of aryl methyl sites for hydroxylation is 1. The number of carbonyl (C=O) groups is 1. The summed E-state index contributed by atoms with van der Waals surface area (Å²) in [4.78, 5) is 17.5. The number of amides is 1. The predicted molar refractivity (Wildman–Crippen MR) is 111 cm³/mol. The van der Waals surface area contributed by atoms with E-state index in [4.69, 9.17) is 11.6 Å². The Morgan fingerprint density at radius 1 is 1.07 bits per heavy atom. The Morgan fingerprint density at radius 2 is 1.81 bits per heavy atom. The molecule has 1 saturated heterocycles. The lowest BCUT2D eigenvalue weighted by molar-refractivity contribution is 0.0933. The number of carbonyl (C=O) groups excluding carboxylic acids is 1. The van der Waals surface area contributed by atoms with Gasteiger partial charge in [0.05, 0.1) is 0 Å². The Morgan fingerprint density at radius 3 is 2.56 bits per heavy atom. The van der Waals surface area contributed by atoms with Crippen LogP contribution in [0.3, 0.4) is 0 Å². The number of benzene rings is 2. The number of piperazine rings is 1. The highest BCUT2D eigenvalue weighted by Gasteiger charge is 2.25. The van der Waals surface area contributed by atoms with Gasteiger partial charge in [-0.2, -0.15) is 0 Å². The molecule has 2 aromatic carbocycles. The zero-order chi connectivity index (χ0) is 18.8. The molecule has 4 nitrogen and oxygen atoms in total. The third-order valence-electron chi connectivity index (χ3n) is 5.75. The molecule has 2 aliphatic rings. The fourth-order valence-electron chi connectivity index (χ4n) is 4.11. The normalized spacial score (nSPS) is 20.2. The van der Waals surface area contributed by atoms with Crippen LogP contribution in [0.1, 0.15) is 27.9 Å². The molecular weight excluding hydrogens is 358 g/mol. The molecule has 1 heterocycles. The van der Waals surface area contributed by atoms with Crippen LogP contribution in [0, 0.1) is 0 Å². The minimum absolute atomic E-state index is 0.0165. The molecule has 0 bridgehead atoms. The van der Waals surface area contributed by atoms with Crippen LogP contribution >= 0.6 is 11.6 Å². The summed E-state index contributed by atoms with van der Waals surface area (Å²) in [7, 11) is 2.18. The smallest absolute Gasteiger partial charge is 0.251 e. The van der Waals surface area contributed by atoms with Crippen LogP contribution in [0.15, 0.2) is 42.5 Å². The molecule has 4 rings (SSSR count). The SMILES string of the molecule is CN1CCN(c2cccc3c2CC(NC(=O)c2ccc(Cl)cc2)CC3)CC1. The third-order valence-corrected chi connectivity index (χ3v) is 6.00. The van der Waals surface area contributed by atoms with E-state index in [1.807, 2.05) is 0 Å². The molecule has 0 spiro atoms. The van der Waals surface area contributed by atoms with Crippen molar-refractivity contribution in [1.29, 1.82) is 0 Å². The van der Waals surface area contributed by atoms with Crippen molar-refractivity contribution in [3.63, 3.8) is 0 Å². The molecule has 1 aliphatic carbocycles. The van der Waals surface area contributed by atoms with E-state index >= 15 is 0 Å². The first kappa shape index (κ1) is 18.3. The first-order valence-electron chi connectivity index (χ1n) is 9.71. The van der Waals surface area contributed by atoms with Crippen LogP contribution in [0.5, 0.6) is 0 Å². The monoisotopic (exact) mass is 383 g/mol. The molecule has 1 amide bonds. The fraction of sp³-hybridized carbons (Fsp3) is 0.409. The van der Waals surface area contributed by atoms with E-state index in [2.05, 4.69) is 40.4 Å². The lowest BCUT2D eigenvalue weighted by atomic mass is 9.86. The predicted octanol–water partition coefficient (Wildman–Crippen LogP) is 3.38. The van der Waals surface area contributed by atoms with Gasteiger partial charge < -0.3 is 15.1 Å². The quantitative estimate of drug-likeness (QED) is 0.882. The molecule has 27 heavy (non-hydrogen) atoms. The number of hydrogen-bond acceptors (Lipinski definition) is 3. The topological polar surface area (TPSA) is 35.6 Å². The van der Waals surface area contributed by atoms with Crippen molar-refractivity contribution in [2.45, 2.75) is 25.3 Å². The van der Waals surface area contributed by atoms with E-state index in [9.17, 15) is 4.79 Å². The van der Waals surface area contributed by atoms with Crippen LogP contribution in [-0.2, 0) is 12.8 Å². The summed E-state index contributed by atoms with van der Waals surface area (Å²) in [5.41, 5.74) is 4.86. The number of fused-ring (bicyclic) bond motifs is 1. The maximum Gasteiger partial charge on any atom is 0.251 e. The minimum Gasteiger partial charge on any atom is -0.369 e. The third kappa shape index (κ3) is 4.12. The molecule has 1 fully saturated rings. The standard InChI is InChI=1S/C22H26ClN3O/c1-25-11-13-26(14-12-25)21-4-2-3-16-7-10-19(15-20(16)21)24-22(27)17-5-8-18(23)9-6-17/h2-6,8-9,19H,7,10-15H2,1H3,(H,24,27). The zero-order valence-electron chi connectivity index (χ0n) is 15.7. The van der Waals surface area contributed by atoms with Crippen LogP contribution in [0.2, 0.25) is 5.02 Å². The average Bonchev–Trinajstić information content (AvgIpc) is 2.69. The van der Waals surface area contributed by atoms with Gasteiger partial charge in [0.15, 0.2) is 0 Å². The molecule has 142 valence electrons. The lowest BCUT2D eigenvalue weighted by Gasteiger charge is -2.37. The minimum atomic E-state index is -0.0165. The van der Waals surface area contributed by atoms with Crippen LogP contribution in [0.4, 0.5) is 5.69 Å². The maximum absolute atomic E-state index is 12.6. The number of nitrogens with zero attached hydrogens (tertiary/aromatic N) is 2. The Kier molecular flexibility index (Phi) is 5.37.